The second-order valence-corrected chi connectivity index (χ2v) is 10.5. The number of hydrogen-bond acceptors (Lipinski definition) is 4. The van der Waals surface area contributed by atoms with Crippen LogP contribution in [0.4, 0.5) is 9.59 Å². The maximum atomic E-state index is 13.2. The highest BCUT2D eigenvalue weighted by atomic mass is 16.5. The third kappa shape index (κ3) is 4.82. The van der Waals surface area contributed by atoms with Crippen molar-refractivity contribution in [1.82, 2.24) is 15.5 Å². The van der Waals surface area contributed by atoms with Gasteiger partial charge in [-0.2, -0.15) is 0 Å². The van der Waals surface area contributed by atoms with Crippen molar-refractivity contribution in [3.8, 4) is 11.1 Å². The fourth-order valence-corrected chi connectivity index (χ4v) is 6.38. The number of benzene rings is 3. The van der Waals surface area contributed by atoms with Gasteiger partial charge in [-0.15, -0.1) is 0 Å². The Kier molecular flexibility index (Phi) is 6.69. The monoisotopic (exact) mass is 525 g/mol. The lowest BCUT2D eigenvalue weighted by Crippen LogP contribution is -2.46. The summed E-state index contributed by atoms with van der Waals surface area (Å²) in [6.45, 7) is 0.194. The number of aryl methyl sites for hydroxylation is 1. The zero-order chi connectivity index (χ0) is 26.9. The molecule has 6 rings (SSSR count). The van der Waals surface area contributed by atoms with Gasteiger partial charge in [0, 0.05) is 12.5 Å². The lowest BCUT2D eigenvalue weighted by molar-refractivity contribution is -0.125. The van der Waals surface area contributed by atoms with Crippen molar-refractivity contribution < 1.29 is 24.2 Å². The average molecular weight is 526 g/mol. The number of nitrogens with zero attached hydrogens (tertiary/aromatic N) is 1. The van der Waals surface area contributed by atoms with Crippen LogP contribution < -0.4 is 10.6 Å². The molecule has 2 aliphatic carbocycles. The number of likely N-dealkylation sites (tertiary alicyclic amines) is 1. The molecule has 0 spiro atoms. The quantitative estimate of drug-likeness (QED) is 0.442. The molecule has 1 fully saturated rings. The van der Waals surface area contributed by atoms with E-state index in [1.807, 2.05) is 42.5 Å². The maximum Gasteiger partial charge on any atom is 0.408 e. The Bertz CT molecular complexity index is 1380. The largest absolute Gasteiger partial charge is 0.465 e. The van der Waals surface area contributed by atoms with Crippen molar-refractivity contribution in [2.24, 2.45) is 0 Å². The number of alkyl carbamates (subject to hydrolysis) is 1. The van der Waals surface area contributed by atoms with Crippen LogP contribution in [0.15, 0.2) is 72.8 Å². The van der Waals surface area contributed by atoms with E-state index in [1.165, 1.54) is 5.56 Å². The summed E-state index contributed by atoms with van der Waals surface area (Å²) < 4.78 is 5.64. The number of carboxylic acid groups (broad SMARTS) is 1. The number of hydrogen-bond donors (Lipinski definition) is 3. The van der Waals surface area contributed by atoms with Gasteiger partial charge in [-0.1, -0.05) is 72.8 Å². The van der Waals surface area contributed by atoms with Crippen molar-refractivity contribution >= 4 is 18.1 Å². The molecule has 2 unspecified atom stereocenters. The van der Waals surface area contributed by atoms with Crippen LogP contribution >= 0.6 is 0 Å². The van der Waals surface area contributed by atoms with E-state index in [9.17, 15) is 19.5 Å². The van der Waals surface area contributed by atoms with E-state index in [0.717, 1.165) is 52.0 Å². The number of ether oxygens (including phenoxy) is 1. The van der Waals surface area contributed by atoms with Gasteiger partial charge in [0.25, 0.3) is 0 Å². The first-order chi connectivity index (χ1) is 19.0. The SMILES string of the molecule is O=C(NC1CC(C(=O)N[C@@H]2CCCc3ccccc32)N(C(=O)O)C1)OCC1c2ccccc2-c2ccccc21. The van der Waals surface area contributed by atoms with Gasteiger partial charge in [0.1, 0.15) is 12.6 Å². The molecule has 1 aliphatic heterocycles. The molecule has 8 heteroatoms. The molecule has 39 heavy (non-hydrogen) atoms. The molecular weight excluding hydrogens is 494 g/mol. The highest BCUT2D eigenvalue weighted by molar-refractivity contribution is 5.86. The zero-order valence-electron chi connectivity index (χ0n) is 21.5. The standard InChI is InChI=1S/C31H31N3O5/c35-29(33-27-15-7-9-19-8-1-2-10-21(19)27)28-16-20(17-34(28)31(37)38)32-30(36)39-18-26-24-13-5-3-11-22(24)23-12-4-6-14-25(23)26/h1-6,8,10-14,20,26-28H,7,9,15-18H2,(H,32,36)(H,33,35)(H,37,38)/t20?,27-,28?/m1/s1. The molecule has 1 saturated heterocycles. The molecule has 3 atom stereocenters. The number of nitrogens with one attached hydrogen (secondary N) is 2. The van der Waals surface area contributed by atoms with Gasteiger partial charge in [-0.05, 0) is 59.1 Å². The maximum absolute atomic E-state index is 13.2. The summed E-state index contributed by atoms with van der Waals surface area (Å²) in [6, 6.07) is 22.7. The first-order valence-corrected chi connectivity index (χ1v) is 13.5. The number of carbonyl (C=O) groups is 3. The zero-order valence-corrected chi connectivity index (χ0v) is 21.5. The number of rotatable bonds is 5. The van der Waals surface area contributed by atoms with Crippen LogP contribution in [0.5, 0.6) is 0 Å². The highest BCUT2D eigenvalue weighted by Gasteiger charge is 2.41. The minimum Gasteiger partial charge on any atom is -0.465 e. The van der Waals surface area contributed by atoms with Gasteiger partial charge < -0.3 is 20.5 Å². The van der Waals surface area contributed by atoms with Gasteiger partial charge in [-0.3, -0.25) is 9.69 Å². The predicted molar refractivity (Wildman–Crippen MR) is 145 cm³/mol. The molecule has 0 radical (unpaired) electrons. The molecule has 3 aromatic rings. The Labute approximate surface area is 227 Å². The lowest BCUT2D eigenvalue weighted by atomic mass is 9.87. The molecule has 3 amide bonds. The third-order valence-corrected chi connectivity index (χ3v) is 8.20. The summed E-state index contributed by atoms with van der Waals surface area (Å²) in [5.41, 5.74) is 6.82. The van der Waals surface area contributed by atoms with E-state index in [4.69, 9.17) is 4.74 Å². The van der Waals surface area contributed by atoms with Crippen LogP contribution in [-0.4, -0.2) is 53.3 Å². The van der Waals surface area contributed by atoms with Crippen LogP contribution in [0, 0.1) is 0 Å². The van der Waals surface area contributed by atoms with Gasteiger partial charge >= 0.3 is 12.2 Å². The van der Waals surface area contributed by atoms with Gasteiger partial charge in [-0.25, -0.2) is 9.59 Å². The Morgan fingerprint density at radius 2 is 1.51 bits per heavy atom. The van der Waals surface area contributed by atoms with Crippen LogP contribution in [0.2, 0.25) is 0 Å². The second-order valence-electron chi connectivity index (χ2n) is 10.5. The molecule has 3 aliphatic rings. The first kappa shape index (κ1) is 25.0. The van der Waals surface area contributed by atoms with Crippen molar-refractivity contribution in [3.63, 3.8) is 0 Å². The van der Waals surface area contributed by atoms with Crippen molar-refractivity contribution in [1.29, 1.82) is 0 Å². The fraction of sp³-hybridized carbons (Fsp3) is 0.323. The Morgan fingerprint density at radius 3 is 2.21 bits per heavy atom. The first-order valence-electron chi connectivity index (χ1n) is 13.5. The summed E-state index contributed by atoms with van der Waals surface area (Å²) in [5.74, 6) is -0.407. The number of carbonyl (C=O) groups excluding carboxylic acids is 2. The Morgan fingerprint density at radius 1 is 0.872 bits per heavy atom. The minimum atomic E-state index is -1.18. The summed E-state index contributed by atoms with van der Waals surface area (Å²) >= 11 is 0. The summed E-state index contributed by atoms with van der Waals surface area (Å²) in [5, 5.41) is 15.6. The molecular formula is C31H31N3O5. The van der Waals surface area contributed by atoms with Gasteiger partial charge in [0.2, 0.25) is 5.91 Å². The molecule has 200 valence electrons. The summed E-state index contributed by atoms with van der Waals surface area (Å²) in [6.07, 6.45) is 1.13. The molecule has 0 aromatic heterocycles. The van der Waals surface area contributed by atoms with Crippen LogP contribution in [-0.2, 0) is 16.0 Å². The average Bonchev–Trinajstić information content (AvgIpc) is 3.52. The number of fused-ring (bicyclic) bond motifs is 4. The van der Waals surface area contributed by atoms with Crippen molar-refractivity contribution in [3.05, 3.63) is 95.1 Å². The molecule has 3 aromatic carbocycles. The van der Waals surface area contributed by atoms with E-state index >= 15 is 0 Å². The predicted octanol–water partition coefficient (Wildman–Crippen LogP) is 4.84. The lowest BCUT2D eigenvalue weighted by Gasteiger charge is -2.29. The summed E-state index contributed by atoms with van der Waals surface area (Å²) in [7, 11) is 0. The van der Waals surface area contributed by atoms with Crippen molar-refractivity contribution in [2.75, 3.05) is 13.2 Å². The van der Waals surface area contributed by atoms with Crippen LogP contribution in [0.25, 0.3) is 11.1 Å². The third-order valence-electron chi connectivity index (χ3n) is 8.20. The van der Waals surface area contributed by atoms with Gasteiger partial charge in [0.15, 0.2) is 0 Å². The van der Waals surface area contributed by atoms with E-state index < -0.39 is 24.3 Å². The molecule has 8 nitrogen and oxygen atoms in total. The Hall–Kier alpha value is -4.33. The normalized spacial score (nSPS) is 21.4. The minimum absolute atomic E-state index is 0.0267. The van der Waals surface area contributed by atoms with E-state index in [0.29, 0.717) is 0 Å². The van der Waals surface area contributed by atoms with Crippen molar-refractivity contribution in [2.45, 2.75) is 49.7 Å². The van der Waals surface area contributed by atoms with Crippen LogP contribution in [0.1, 0.15) is 53.5 Å². The molecule has 3 N–H and O–H groups in total. The second kappa shape index (κ2) is 10.4. The van der Waals surface area contributed by atoms with Crippen LogP contribution in [0.3, 0.4) is 0 Å². The van der Waals surface area contributed by atoms with E-state index in [-0.39, 0.29) is 37.4 Å². The fourth-order valence-electron chi connectivity index (χ4n) is 6.38. The highest BCUT2D eigenvalue weighted by Crippen LogP contribution is 2.44. The molecule has 0 saturated carbocycles. The molecule has 1 heterocycles. The molecule has 0 bridgehead atoms. The van der Waals surface area contributed by atoms with E-state index in [2.05, 4.69) is 41.0 Å². The topological polar surface area (TPSA) is 108 Å². The Balaban J connectivity index is 1.08. The van der Waals surface area contributed by atoms with Gasteiger partial charge in [0.05, 0.1) is 12.1 Å². The summed E-state index contributed by atoms with van der Waals surface area (Å²) in [4.78, 5) is 39.1. The number of amides is 3. The smallest absolute Gasteiger partial charge is 0.408 e. The van der Waals surface area contributed by atoms with E-state index in [1.54, 1.807) is 0 Å².